The maximum Gasteiger partial charge on any atom is 0.254 e. The molecule has 1 aliphatic rings. The van der Waals surface area contributed by atoms with E-state index in [0.717, 1.165) is 37.4 Å². The van der Waals surface area contributed by atoms with Crippen molar-refractivity contribution in [3.05, 3.63) is 83.2 Å². The maximum absolute atomic E-state index is 12.9. The fraction of sp³-hybridized carbons (Fsp3) is 0.360. The summed E-state index contributed by atoms with van der Waals surface area (Å²) in [5.74, 6) is -0.0982. The van der Waals surface area contributed by atoms with Crippen LogP contribution in [0, 0.1) is 6.92 Å². The maximum atomic E-state index is 12.9. The van der Waals surface area contributed by atoms with Crippen LogP contribution in [0.15, 0.2) is 60.8 Å². The molecule has 6 nitrogen and oxygen atoms in total. The van der Waals surface area contributed by atoms with E-state index in [2.05, 4.69) is 58.6 Å². The van der Waals surface area contributed by atoms with Crippen molar-refractivity contribution in [2.75, 3.05) is 26.2 Å². The van der Waals surface area contributed by atoms with Crippen LogP contribution in [-0.4, -0.2) is 52.9 Å². The minimum atomic E-state index is -0.0982. The Kier molecular flexibility index (Phi) is 6.79. The zero-order chi connectivity index (χ0) is 21.6. The largest absolute Gasteiger partial charge is 0.374 e. The third-order valence-electron chi connectivity index (χ3n) is 5.69. The van der Waals surface area contributed by atoms with Gasteiger partial charge in [-0.15, -0.1) is 0 Å². The van der Waals surface area contributed by atoms with Crippen LogP contribution < -0.4 is 5.32 Å². The average molecular weight is 419 g/mol. The van der Waals surface area contributed by atoms with Gasteiger partial charge in [0.15, 0.2) is 0 Å². The molecule has 0 aliphatic carbocycles. The number of hydrogen-bond acceptors (Lipinski definition) is 4. The Labute approximate surface area is 183 Å². The van der Waals surface area contributed by atoms with E-state index in [9.17, 15) is 4.79 Å². The van der Waals surface area contributed by atoms with Crippen molar-refractivity contribution in [1.29, 1.82) is 0 Å². The molecule has 6 heteroatoms. The Hall–Kier alpha value is -2.96. The van der Waals surface area contributed by atoms with E-state index in [4.69, 9.17) is 4.74 Å². The third-order valence-corrected chi connectivity index (χ3v) is 5.69. The molecule has 1 atom stereocenters. The lowest BCUT2D eigenvalue weighted by molar-refractivity contribution is -0.0292. The van der Waals surface area contributed by atoms with Gasteiger partial charge in [0.25, 0.3) is 5.91 Å². The van der Waals surface area contributed by atoms with Crippen molar-refractivity contribution in [3.63, 3.8) is 0 Å². The van der Waals surface area contributed by atoms with Gasteiger partial charge in [0.05, 0.1) is 35.9 Å². The van der Waals surface area contributed by atoms with Gasteiger partial charge in [0, 0.05) is 26.2 Å². The zero-order valence-corrected chi connectivity index (χ0v) is 18.3. The van der Waals surface area contributed by atoms with E-state index in [-0.39, 0.29) is 12.0 Å². The van der Waals surface area contributed by atoms with E-state index in [0.29, 0.717) is 18.7 Å². The minimum Gasteiger partial charge on any atom is -0.374 e. The van der Waals surface area contributed by atoms with Gasteiger partial charge in [-0.3, -0.25) is 9.69 Å². The van der Waals surface area contributed by atoms with Crippen LogP contribution in [0.2, 0.25) is 0 Å². The molecule has 0 bridgehead atoms. The number of carbonyl (C=O) groups excluding carboxylic acids is 1. The second-order valence-corrected chi connectivity index (χ2v) is 8.03. The zero-order valence-electron chi connectivity index (χ0n) is 18.3. The van der Waals surface area contributed by atoms with Gasteiger partial charge in [-0.2, -0.15) is 5.10 Å². The van der Waals surface area contributed by atoms with Crippen LogP contribution in [-0.2, 0) is 17.7 Å². The molecule has 0 radical (unpaired) electrons. The minimum absolute atomic E-state index is 0.0152. The molecule has 1 fully saturated rings. The first-order valence-electron chi connectivity index (χ1n) is 10.9. The van der Waals surface area contributed by atoms with Gasteiger partial charge in [-0.25, -0.2) is 4.68 Å². The fourth-order valence-electron chi connectivity index (χ4n) is 4.00. The van der Waals surface area contributed by atoms with Gasteiger partial charge >= 0.3 is 0 Å². The van der Waals surface area contributed by atoms with Crippen LogP contribution in [0.3, 0.4) is 0 Å². The SMILES string of the molecule is CCc1c(C(=O)NCC2CN(Cc3ccccc3)CCO2)cnn1-c1ccc(C)cc1. The van der Waals surface area contributed by atoms with Crippen molar-refractivity contribution < 1.29 is 9.53 Å². The normalized spacial score (nSPS) is 16.9. The van der Waals surface area contributed by atoms with Crippen molar-refractivity contribution in [2.45, 2.75) is 32.9 Å². The second-order valence-electron chi connectivity index (χ2n) is 8.03. The molecule has 3 aromatic rings. The van der Waals surface area contributed by atoms with Crippen molar-refractivity contribution in [2.24, 2.45) is 0 Å². The monoisotopic (exact) mass is 418 g/mol. The highest BCUT2D eigenvalue weighted by Crippen LogP contribution is 2.17. The first-order valence-corrected chi connectivity index (χ1v) is 10.9. The Morgan fingerprint density at radius 1 is 1.16 bits per heavy atom. The number of rotatable bonds is 7. The predicted molar refractivity (Wildman–Crippen MR) is 121 cm³/mol. The number of aryl methyl sites for hydroxylation is 1. The molecular formula is C25H30N4O2. The van der Waals surface area contributed by atoms with Gasteiger partial charge < -0.3 is 10.1 Å². The lowest BCUT2D eigenvalue weighted by atomic mass is 10.1. The number of aromatic nitrogens is 2. The summed E-state index contributed by atoms with van der Waals surface area (Å²) < 4.78 is 7.75. The molecule has 2 aromatic carbocycles. The van der Waals surface area contributed by atoms with E-state index >= 15 is 0 Å². The number of carbonyl (C=O) groups is 1. The van der Waals surface area contributed by atoms with Crippen LogP contribution in [0.5, 0.6) is 0 Å². The first-order chi connectivity index (χ1) is 15.1. The summed E-state index contributed by atoms with van der Waals surface area (Å²) in [5, 5.41) is 7.54. The van der Waals surface area contributed by atoms with Crippen LogP contribution >= 0.6 is 0 Å². The van der Waals surface area contributed by atoms with E-state index in [1.54, 1.807) is 6.20 Å². The smallest absolute Gasteiger partial charge is 0.254 e. The average Bonchev–Trinajstić information content (AvgIpc) is 3.23. The highest BCUT2D eigenvalue weighted by Gasteiger charge is 2.23. The molecule has 1 aromatic heterocycles. The third kappa shape index (κ3) is 5.21. The standard InChI is InChI=1S/C25H30N4O2/c1-3-24-23(16-27-29(24)21-11-9-19(2)10-12-21)25(30)26-15-22-18-28(13-14-31-22)17-20-7-5-4-6-8-20/h4-12,16,22H,3,13-15,17-18H2,1-2H3,(H,26,30). The molecule has 1 amide bonds. The van der Waals surface area contributed by atoms with Crippen molar-refractivity contribution in [3.8, 4) is 5.69 Å². The summed E-state index contributed by atoms with van der Waals surface area (Å²) >= 11 is 0. The summed E-state index contributed by atoms with van der Waals surface area (Å²) in [7, 11) is 0. The Balaban J connectivity index is 1.37. The highest BCUT2D eigenvalue weighted by atomic mass is 16.5. The molecule has 1 saturated heterocycles. The molecule has 0 spiro atoms. The van der Waals surface area contributed by atoms with E-state index < -0.39 is 0 Å². The first kappa shape index (κ1) is 21.3. The van der Waals surface area contributed by atoms with Crippen LogP contribution in [0.1, 0.15) is 34.1 Å². The number of nitrogens with one attached hydrogen (secondary N) is 1. The lowest BCUT2D eigenvalue weighted by Crippen LogP contribution is -2.47. The topological polar surface area (TPSA) is 59.4 Å². The highest BCUT2D eigenvalue weighted by molar-refractivity contribution is 5.95. The van der Waals surface area contributed by atoms with Crippen molar-refractivity contribution >= 4 is 5.91 Å². The van der Waals surface area contributed by atoms with Gasteiger partial charge in [0.1, 0.15) is 0 Å². The number of hydrogen-bond donors (Lipinski definition) is 1. The molecule has 2 heterocycles. The second kappa shape index (κ2) is 9.90. The quantitative estimate of drug-likeness (QED) is 0.639. The Morgan fingerprint density at radius 2 is 1.94 bits per heavy atom. The summed E-state index contributed by atoms with van der Waals surface area (Å²) in [6, 6.07) is 18.6. The van der Waals surface area contributed by atoms with Gasteiger partial charge in [-0.1, -0.05) is 55.0 Å². The summed E-state index contributed by atoms with van der Waals surface area (Å²) in [6.45, 7) is 7.88. The van der Waals surface area contributed by atoms with E-state index in [1.165, 1.54) is 11.1 Å². The van der Waals surface area contributed by atoms with Crippen LogP contribution in [0.25, 0.3) is 5.69 Å². The molecule has 1 aliphatic heterocycles. The molecule has 162 valence electrons. The van der Waals surface area contributed by atoms with E-state index in [1.807, 2.05) is 29.8 Å². The molecule has 31 heavy (non-hydrogen) atoms. The number of ether oxygens (including phenoxy) is 1. The molecule has 1 N–H and O–H groups in total. The Morgan fingerprint density at radius 3 is 2.68 bits per heavy atom. The molecule has 0 saturated carbocycles. The number of benzene rings is 2. The summed E-state index contributed by atoms with van der Waals surface area (Å²) in [6.07, 6.45) is 2.37. The summed E-state index contributed by atoms with van der Waals surface area (Å²) in [5.41, 5.74) is 4.99. The number of morpholine rings is 1. The van der Waals surface area contributed by atoms with Gasteiger partial charge in [0.2, 0.25) is 0 Å². The Bertz CT molecular complexity index is 998. The number of nitrogens with zero attached hydrogens (tertiary/aromatic N) is 3. The fourth-order valence-corrected chi connectivity index (χ4v) is 4.00. The number of amides is 1. The predicted octanol–water partition coefficient (Wildman–Crippen LogP) is 3.37. The van der Waals surface area contributed by atoms with Crippen LogP contribution in [0.4, 0.5) is 0 Å². The van der Waals surface area contributed by atoms with Crippen molar-refractivity contribution in [1.82, 2.24) is 20.0 Å². The van der Waals surface area contributed by atoms with Gasteiger partial charge in [-0.05, 0) is 31.0 Å². The summed E-state index contributed by atoms with van der Waals surface area (Å²) in [4.78, 5) is 15.3. The molecule has 1 unspecified atom stereocenters. The lowest BCUT2D eigenvalue weighted by Gasteiger charge is -2.33. The molecule has 4 rings (SSSR count). The molecular weight excluding hydrogens is 388 g/mol.